The monoisotopic (exact) mass is 515 g/mol. The third-order valence-electron chi connectivity index (χ3n) is 7.18. The van der Waals surface area contributed by atoms with Crippen molar-refractivity contribution in [2.75, 3.05) is 0 Å². The Bertz CT molecular complexity index is 794. The topological polar surface area (TPSA) is 59.4 Å². The van der Waals surface area contributed by atoms with Crippen molar-refractivity contribution in [2.24, 2.45) is 5.41 Å². The Morgan fingerprint density at radius 2 is 1.93 bits per heavy atom. The van der Waals surface area contributed by atoms with Crippen LogP contribution in [0.1, 0.15) is 99.6 Å². The highest BCUT2D eigenvalue weighted by Gasteiger charge is 2.49. The van der Waals surface area contributed by atoms with Gasteiger partial charge >= 0.3 is 5.97 Å². The lowest BCUT2D eigenvalue weighted by Gasteiger charge is -2.50. The molecule has 6 heteroatoms. The van der Waals surface area contributed by atoms with Gasteiger partial charge in [-0.05, 0) is 77.7 Å². The molecule has 1 spiro atoms. The van der Waals surface area contributed by atoms with Crippen LogP contribution in [0.4, 0.5) is 0 Å². The summed E-state index contributed by atoms with van der Waals surface area (Å²) in [6.45, 7) is 15.4. The minimum absolute atomic E-state index is 0.0383. The van der Waals surface area contributed by atoms with Gasteiger partial charge < -0.3 is 9.53 Å². The van der Waals surface area contributed by atoms with Crippen molar-refractivity contribution >= 4 is 36.9 Å². The van der Waals surface area contributed by atoms with Crippen molar-refractivity contribution in [2.45, 2.75) is 96.9 Å². The molecule has 1 N–H and O–H groups in total. The molecule has 1 heterocycles. The van der Waals surface area contributed by atoms with Crippen LogP contribution in [0.5, 0.6) is 0 Å². The summed E-state index contributed by atoms with van der Waals surface area (Å²) in [5.41, 5.74) is 3.55. The highest BCUT2D eigenvalue weighted by atomic mass is 127. The minimum atomic E-state index is -1.99. The number of fused-ring (bicyclic) bond motifs is 1. The highest BCUT2D eigenvalue weighted by Crippen LogP contribution is 2.56. The fraction of sp³-hybridized carbons (Fsp3) is 0.727. The fourth-order valence-electron chi connectivity index (χ4n) is 4.33. The number of nitrogens with zero attached hydrogens (tertiary/aromatic N) is 1. The van der Waals surface area contributed by atoms with Gasteiger partial charge in [0, 0.05) is 14.8 Å². The van der Waals surface area contributed by atoms with Gasteiger partial charge in [0.1, 0.15) is 0 Å². The maximum atomic E-state index is 12.1. The van der Waals surface area contributed by atoms with Crippen LogP contribution in [0.25, 0.3) is 0 Å². The zero-order valence-electron chi connectivity index (χ0n) is 18.3. The van der Waals surface area contributed by atoms with Crippen LogP contribution < -0.4 is 0 Å². The normalized spacial score (nSPS) is 21.5. The van der Waals surface area contributed by atoms with E-state index in [2.05, 4.69) is 56.5 Å². The number of carboxylic acid groups (broad SMARTS) is 1. The fourth-order valence-corrected chi connectivity index (χ4v) is 6.76. The Balaban J connectivity index is 2.16. The van der Waals surface area contributed by atoms with Gasteiger partial charge in [0.05, 0.1) is 17.4 Å². The SMILES string of the molecule is CC(C)c1nc2c(c(I)c1C(=O)O)C(O[Si](C)(C)C(C)(C)C)CC1(CCC1)C2. The third kappa shape index (κ3) is 3.81. The quantitative estimate of drug-likeness (QED) is 0.359. The zero-order valence-corrected chi connectivity index (χ0v) is 21.4. The second kappa shape index (κ2) is 7.34. The molecule has 0 aromatic carbocycles. The van der Waals surface area contributed by atoms with Crippen LogP contribution in [0.3, 0.4) is 0 Å². The van der Waals surface area contributed by atoms with E-state index >= 15 is 0 Å². The lowest BCUT2D eigenvalue weighted by Crippen LogP contribution is -2.46. The summed E-state index contributed by atoms with van der Waals surface area (Å²) in [4.78, 5) is 17.1. The van der Waals surface area contributed by atoms with E-state index in [0.29, 0.717) is 11.0 Å². The number of rotatable bonds is 4. The molecule has 28 heavy (non-hydrogen) atoms. The molecule has 0 radical (unpaired) electrons. The molecule has 1 aromatic rings. The number of carboxylic acids is 1. The Morgan fingerprint density at radius 3 is 2.36 bits per heavy atom. The van der Waals surface area contributed by atoms with Crippen molar-refractivity contribution in [3.8, 4) is 0 Å². The van der Waals surface area contributed by atoms with Crippen LogP contribution in [0.15, 0.2) is 0 Å². The van der Waals surface area contributed by atoms with Crippen LogP contribution in [0, 0.1) is 8.99 Å². The van der Waals surface area contributed by atoms with Crippen LogP contribution in [0.2, 0.25) is 18.1 Å². The van der Waals surface area contributed by atoms with E-state index in [1.54, 1.807) is 0 Å². The van der Waals surface area contributed by atoms with E-state index in [-0.39, 0.29) is 17.1 Å². The van der Waals surface area contributed by atoms with Crippen LogP contribution >= 0.6 is 22.6 Å². The number of halogens is 1. The predicted molar refractivity (Wildman–Crippen MR) is 124 cm³/mol. The average molecular weight is 516 g/mol. The van der Waals surface area contributed by atoms with Crippen LogP contribution in [-0.4, -0.2) is 24.4 Å². The van der Waals surface area contributed by atoms with Gasteiger partial charge in [-0.15, -0.1) is 0 Å². The number of aromatic carboxylic acids is 1. The standard InChI is InChI=1S/C22H34INO3Si/c1-13(2)19-17(20(25)26)18(23)16-14(24-19)11-22(9-8-10-22)12-15(16)27-28(6,7)21(3,4)5/h13,15H,8-12H2,1-7H3,(H,25,26). The van der Waals surface area contributed by atoms with Crippen molar-refractivity contribution in [3.63, 3.8) is 0 Å². The largest absolute Gasteiger partial charge is 0.478 e. The summed E-state index contributed by atoms with van der Waals surface area (Å²) in [7, 11) is -1.99. The average Bonchev–Trinajstić information content (AvgIpc) is 2.50. The third-order valence-corrected chi connectivity index (χ3v) is 12.8. The van der Waals surface area contributed by atoms with E-state index in [4.69, 9.17) is 9.41 Å². The molecule has 0 saturated heterocycles. The first-order valence-corrected chi connectivity index (χ1v) is 14.4. The number of carbonyl (C=O) groups is 1. The molecule has 1 fully saturated rings. The molecule has 4 nitrogen and oxygen atoms in total. The molecular formula is C22H34INO3Si. The van der Waals surface area contributed by atoms with Crippen molar-refractivity contribution in [3.05, 3.63) is 26.1 Å². The summed E-state index contributed by atoms with van der Waals surface area (Å²) < 4.78 is 7.76. The second-order valence-electron chi connectivity index (χ2n) is 10.6. The first-order valence-electron chi connectivity index (χ1n) is 10.4. The number of hydrogen-bond donors (Lipinski definition) is 1. The lowest BCUT2D eigenvalue weighted by molar-refractivity contribution is 0.0294. The molecule has 1 aromatic heterocycles. The molecule has 0 amide bonds. The molecule has 3 rings (SSSR count). The lowest BCUT2D eigenvalue weighted by atomic mass is 9.60. The minimum Gasteiger partial charge on any atom is -0.478 e. The molecular weight excluding hydrogens is 481 g/mol. The van der Waals surface area contributed by atoms with Gasteiger partial charge in [0.25, 0.3) is 0 Å². The summed E-state index contributed by atoms with van der Waals surface area (Å²) in [6.07, 6.45) is 5.69. The van der Waals surface area contributed by atoms with Gasteiger partial charge in [0.2, 0.25) is 0 Å². The predicted octanol–water partition coefficient (Wildman–Crippen LogP) is 6.69. The molecule has 0 bridgehead atoms. The van der Waals surface area contributed by atoms with E-state index in [1.165, 1.54) is 19.3 Å². The number of aromatic nitrogens is 1. The molecule has 2 aliphatic rings. The maximum Gasteiger partial charge on any atom is 0.338 e. The summed E-state index contributed by atoms with van der Waals surface area (Å²) in [6, 6.07) is 0. The highest BCUT2D eigenvalue weighted by molar-refractivity contribution is 14.1. The smallest absolute Gasteiger partial charge is 0.338 e. The van der Waals surface area contributed by atoms with Crippen molar-refractivity contribution in [1.29, 1.82) is 0 Å². The first-order chi connectivity index (χ1) is 12.8. The Hall–Kier alpha value is -0.473. The molecule has 2 aliphatic carbocycles. The van der Waals surface area contributed by atoms with E-state index in [9.17, 15) is 9.90 Å². The summed E-state index contributed by atoms with van der Waals surface area (Å²) in [5, 5.41) is 10.0. The van der Waals surface area contributed by atoms with Crippen molar-refractivity contribution in [1.82, 2.24) is 4.98 Å². The van der Waals surface area contributed by atoms with E-state index < -0.39 is 14.3 Å². The molecule has 0 aliphatic heterocycles. The Labute approximate surface area is 184 Å². The molecule has 1 atom stereocenters. The molecule has 1 saturated carbocycles. The number of hydrogen-bond acceptors (Lipinski definition) is 3. The Kier molecular flexibility index (Phi) is 5.82. The molecule has 1 unspecified atom stereocenters. The zero-order chi connectivity index (χ0) is 21.1. The van der Waals surface area contributed by atoms with E-state index in [0.717, 1.165) is 33.4 Å². The van der Waals surface area contributed by atoms with Crippen molar-refractivity contribution < 1.29 is 14.3 Å². The summed E-state index contributed by atoms with van der Waals surface area (Å²) >= 11 is 2.24. The number of pyridine rings is 1. The second-order valence-corrected chi connectivity index (χ2v) is 16.4. The summed E-state index contributed by atoms with van der Waals surface area (Å²) in [5.74, 6) is -0.789. The van der Waals surface area contributed by atoms with E-state index in [1.807, 2.05) is 13.8 Å². The van der Waals surface area contributed by atoms with Gasteiger partial charge in [-0.3, -0.25) is 4.98 Å². The first kappa shape index (κ1) is 22.2. The van der Waals surface area contributed by atoms with Gasteiger partial charge in [0.15, 0.2) is 8.32 Å². The van der Waals surface area contributed by atoms with Gasteiger partial charge in [-0.1, -0.05) is 41.0 Å². The van der Waals surface area contributed by atoms with Gasteiger partial charge in [-0.25, -0.2) is 4.79 Å². The van der Waals surface area contributed by atoms with Gasteiger partial charge in [-0.2, -0.15) is 0 Å². The maximum absolute atomic E-state index is 12.1. The molecule has 156 valence electrons. The van der Waals surface area contributed by atoms with Crippen LogP contribution in [-0.2, 0) is 10.8 Å². The Morgan fingerprint density at radius 1 is 1.32 bits per heavy atom.